The number of unbranched alkanes of at least 4 members (excludes halogenated alkanes) is 1. The van der Waals surface area contributed by atoms with Gasteiger partial charge in [0.25, 0.3) is 5.91 Å². The van der Waals surface area contributed by atoms with E-state index in [0.717, 1.165) is 24.3 Å². The predicted octanol–water partition coefficient (Wildman–Crippen LogP) is 4.23. The van der Waals surface area contributed by atoms with Crippen LogP contribution in [0.5, 0.6) is 11.5 Å². The van der Waals surface area contributed by atoms with E-state index < -0.39 is 0 Å². The molecular weight excluding hydrogens is 326 g/mol. The van der Waals surface area contributed by atoms with E-state index in [-0.39, 0.29) is 12.5 Å². The third-order valence-corrected chi connectivity index (χ3v) is 4.13. The standard InChI is InChI=1S/C19H20ClNO3/c1-14-5-4-6-16(11-14)23-10-3-2-9-21-17-12-15(20)7-8-18(17)24-13-19(21)22/h4-8,11-12H,2-3,9-10,13H2,1H3. The number of anilines is 1. The molecule has 1 aliphatic rings. The van der Waals surface area contributed by atoms with Crippen molar-refractivity contribution >= 4 is 23.2 Å². The van der Waals surface area contributed by atoms with Crippen LogP contribution in [0.25, 0.3) is 0 Å². The summed E-state index contributed by atoms with van der Waals surface area (Å²) in [5, 5.41) is 0.597. The molecule has 1 heterocycles. The maximum absolute atomic E-state index is 12.1. The van der Waals surface area contributed by atoms with Crippen LogP contribution in [0.15, 0.2) is 42.5 Å². The maximum Gasteiger partial charge on any atom is 0.265 e. The van der Waals surface area contributed by atoms with Crippen LogP contribution in [-0.2, 0) is 4.79 Å². The molecule has 2 aromatic rings. The van der Waals surface area contributed by atoms with E-state index in [4.69, 9.17) is 21.1 Å². The monoisotopic (exact) mass is 345 g/mol. The number of nitrogens with zero attached hydrogens (tertiary/aromatic N) is 1. The second-order valence-corrected chi connectivity index (χ2v) is 6.25. The van der Waals surface area contributed by atoms with Gasteiger partial charge < -0.3 is 14.4 Å². The molecule has 0 N–H and O–H groups in total. The van der Waals surface area contributed by atoms with E-state index in [1.165, 1.54) is 5.56 Å². The number of carbonyl (C=O) groups is 1. The highest BCUT2D eigenvalue weighted by atomic mass is 35.5. The predicted molar refractivity (Wildman–Crippen MR) is 95.2 cm³/mol. The number of ether oxygens (including phenoxy) is 2. The Labute approximate surface area is 146 Å². The van der Waals surface area contributed by atoms with Crippen molar-refractivity contribution in [3.8, 4) is 11.5 Å². The Kier molecular flexibility index (Phi) is 5.26. The zero-order valence-corrected chi connectivity index (χ0v) is 14.4. The van der Waals surface area contributed by atoms with Crippen LogP contribution >= 0.6 is 11.6 Å². The smallest absolute Gasteiger partial charge is 0.265 e. The first-order chi connectivity index (χ1) is 11.6. The van der Waals surface area contributed by atoms with E-state index in [0.29, 0.717) is 23.9 Å². The zero-order valence-electron chi connectivity index (χ0n) is 13.6. The average Bonchev–Trinajstić information content (AvgIpc) is 2.56. The van der Waals surface area contributed by atoms with Crippen LogP contribution in [0.3, 0.4) is 0 Å². The molecule has 0 atom stereocenters. The molecule has 0 radical (unpaired) electrons. The normalized spacial score (nSPS) is 13.4. The molecule has 24 heavy (non-hydrogen) atoms. The SMILES string of the molecule is Cc1cccc(OCCCCN2C(=O)COc3ccc(Cl)cc32)c1. The minimum Gasteiger partial charge on any atom is -0.494 e. The van der Waals surface area contributed by atoms with Crippen LogP contribution < -0.4 is 14.4 Å². The maximum atomic E-state index is 12.1. The molecule has 0 spiro atoms. The highest BCUT2D eigenvalue weighted by molar-refractivity contribution is 6.31. The first kappa shape index (κ1) is 16.7. The molecule has 0 aromatic heterocycles. The molecule has 0 saturated heterocycles. The molecule has 0 fully saturated rings. The summed E-state index contributed by atoms with van der Waals surface area (Å²) in [4.78, 5) is 13.9. The third kappa shape index (κ3) is 4.01. The van der Waals surface area contributed by atoms with Gasteiger partial charge in [-0.2, -0.15) is 0 Å². The molecular formula is C19H20ClNO3. The Balaban J connectivity index is 1.51. The Morgan fingerprint density at radius 3 is 2.92 bits per heavy atom. The van der Waals surface area contributed by atoms with Gasteiger partial charge in [0.1, 0.15) is 11.5 Å². The van der Waals surface area contributed by atoms with E-state index >= 15 is 0 Å². The van der Waals surface area contributed by atoms with Gasteiger partial charge >= 0.3 is 0 Å². The summed E-state index contributed by atoms with van der Waals surface area (Å²) in [5.41, 5.74) is 1.93. The molecule has 0 aliphatic carbocycles. The van der Waals surface area contributed by atoms with Crippen LogP contribution in [0.1, 0.15) is 18.4 Å². The minimum absolute atomic E-state index is 0.0376. The lowest BCUT2D eigenvalue weighted by molar-refractivity contribution is -0.121. The molecule has 2 aromatic carbocycles. The van der Waals surface area contributed by atoms with Gasteiger partial charge in [-0.15, -0.1) is 0 Å². The zero-order chi connectivity index (χ0) is 16.9. The number of fused-ring (bicyclic) bond motifs is 1. The quantitative estimate of drug-likeness (QED) is 0.735. The van der Waals surface area contributed by atoms with E-state index in [1.54, 1.807) is 23.1 Å². The minimum atomic E-state index is -0.0376. The second-order valence-electron chi connectivity index (χ2n) is 5.82. The number of hydrogen-bond acceptors (Lipinski definition) is 3. The van der Waals surface area contributed by atoms with Gasteiger partial charge in [0, 0.05) is 11.6 Å². The van der Waals surface area contributed by atoms with Crippen molar-refractivity contribution in [2.75, 3.05) is 24.7 Å². The van der Waals surface area contributed by atoms with Crippen molar-refractivity contribution in [3.63, 3.8) is 0 Å². The number of hydrogen-bond donors (Lipinski definition) is 0. The molecule has 126 valence electrons. The summed E-state index contributed by atoms with van der Waals surface area (Å²) in [6.45, 7) is 3.38. The molecule has 4 nitrogen and oxygen atoms in total. The van der Waals surface area contributed by atoms with Gasteiger partial charge in [-0.05, 0) is 55.7 Å². The average molecular weight is 346 g/mol. The summed E-state index contributed by atoms with van der Waals surface area (Å²) in [6.07, 6.45) is 1.72. The number of halogens is 1. The van der Waals surface area contributed by atoms with Crippen molar-refractivity contribution in [3.05, 3.63) is 53.1 Å². The van der Waals surface area contributed by atoms with Crippen molar-refractivity contribution in [2.24, 2.45) is 0 Å². The van der Waals surface area contributed by atoms with Gasteiger partial charge in [0.15, 0.2) is 6.61 Å². The summed E-state index contributed by atoms with van der Waals surface area (Å²) < 4.78 is 11.2. The van der Waals surface area contributed by atoms with E-state index in [1.807, 2.05) is 31.2 Å². The Morgan fingerprint density at radius 2 is 2.08 bits per heavy atom. The number of benzene rings is 2. The lowest BCUT2D eigenvalue weighted by Gasteiger charge is -2.29. The Bertz CT molecular complexity index is 732. The Hall–Kier alpha value is -2.20. The van der Waals surface area contributed by atoms with Gasteiger partial charge in [0.2, 0.25) is 0 Å². The summed E-state index contributed by atoms with van der Waals surface area (Å²) >= 11 is 6.04. The fraction of sp³-hybridized carbons (Fsp3) is 0.316. The van der Waals surface area contributed by atoms with Gasteiger partial charge in [-0.3, -0.25) is 4.79 Å². The molecule has 5 heteroatoms. The highest BCUT2D eigenvalue weighted by Gasteiger charge is 2.25. The van der Waals surface area contributed by atoms with Crippen LogP contribution in [0.2, 0.25) is 5.02 Å². The van der Waals surface area contributed by atoms with Crippen LogP contribution in [-0.4, -0.2) is 25.7 Å². The fourth-order valence-electron chi connectivity index (χ4n) is 2.69. The van der Waals surface area contributed by atoms with Gasteiger partial charge in [-0.25, -0.2) is 0 Å². The van der Waals surface area contributed by atoms with Crippen LogP contribution in [0, 0.1) is 6.92 Å². The first-order valence-electron chi connectivity index (χ1n) is 8.06. The number of aryl methyl sites for hydroxylation is 1. The van der Waals surface area contributed by atoms with Crippen molar-refractivity contribution in [2.45, 2.75) is 19.8 Å². The molecule has 3 rings (SSSR count). The van der Waals surface area contributed by atoms with Crippen molar-refractivity contribution in [1.29, 1.82) is 0 Å². The number of carbonyl (C=O) groups excluding carboxylic acids is 1. The number of rotatable bonds is 6. The van der Waals surface area contributed by atoms with Gasteiger partial charge in [-0.1, -0.05) is 23.7 Å². The van der Waals surface area contributed by atoms with Gasteiger partial charge in [0.05, 0.1) is 12.3 Å². The summed E-state index contributed by atoms with van der Waals surface area (Å²) in [6, 6.07) is 13.3. The van der Waals surface area contributed by atoms with Crippen LogP contribution in [0.4, 0.5) is 5.69 Å². The van der Waals surface area contributed by atoms with Crippen molar-refractivity contribution < 1.29 is 14.3 Å². The highest BCUT2D eigenvalue weighted by Crippen LogP contribution is 2.34. The molecule has 0 unspecified atom stereocenters. The molecule has 1 amide bonds. The third-order valence-electron chi connectivity index (χ3n) is 3.90. The summed E-state index contributed by atoms with van der Waals surface area (Å²) in [7, 11) is 0. The lowest BCUT2D eigenvalue weighted by atomic mass is 10.2. The van der Waals surface area contributed by atoms with E-state index in [2.05, 4.69) is 0 Å². The second kappa shape index (κ2) is 7.58. The Morgan fingerprint density at radius 1 is 1.21 bits per heavy atom. The number of amides is 1. The molecule has 0 bridgehead atoms. The first-order valence-corrected chi connectivity index (χ1v) is 8.43. The lowest BCUT2D eigenvalue weighted by Crippen LogP contribution is -2.39. The molecule has 1 aliphatic heterocycles. The van der Waals surface area contributed by atoms with Crippen molar-refractivity contribution in [1.82, 2.24) is 0 Å². The summed E-state index contributed by atoms with van der Waals surface area (Å²) in [5.74, 6) is 1.55. The largest absolute Gasteiger partial charge is 0.494 e. The fourth-order valence-corrected chi connectivity index (χ4v) is 2.85. The van der Waals surface area contributed by atoms with E-state index in [9.17, 15) is 4.79 Å². The topological polar surface area (TPSA) is 38.8 Å². The molecule has 0 saturated carbocycles.